The highest BCUT2D eigenvalue weighted by molar-refractivity contribution is 5.70. The summed E-state index contributed by atoms with van der Waals surface area (Å²) in [6.45, 7) is 1.58. The molecule has 0 aliphatic rings. The summed E-state index contributed by atoms with van der Waals surface area (Å²) < 4.78 is 40.2. The van der Waals surface area contributed by atoms with Crippen molar-refractivity contribution in [3.63, 3.8) is 0 Å². The molecule has 114 valence electrons. The highest BCUT2D eigenvalue weighted by atomic mass is 19.4. The summed E-state index contributed by atoms with van der Waals surface area (Å²) in [7, 11) is 0. The third-order valence-corrected chi connectivity index (χ3v) is 3.48. The van der Waals surface area contributed by atoms with Gasteiger partial charge in [0.25, 0.3) is 0 Å². The van der Waals surface area contributed by atoms with Crippen LogP contribution in [0.2, 0.25) is 0 Å². The molecule has 1 N–H and O–H groups in total. The van der Waals surface area contributed by atoms with Gasteiger partial charge in [-0.1, -0.05) is 6.07 Å². The zero-order valence-electron chi connectivity index (χ0n) is 11.7. The van der Waals surface area contributed by atoms with E-state index in [1.807, 2.05) is 0 Å². The van der Waals surface area contributed by atoms with Gasteiger partial charge in [0.15, 0.2) is 0 Å². The molecule has 3 nitrogen and oxygen atoms in total. The van der Waals surface area contributed by atoms with Crippen molar-refractivity contribution < 1.29 is 18.3 Å². The van der Waals surface area contributed by atoms with Gasteiger partial charge in [-0.2, -0.15) is 13.2 Å². The lowest BCUT2D eigenvalue weighted by Gasteiger charge is -2.10. The smallest absolute Gasteiger partial charge is 0.389 e. The molecule has 22 heavy (non-hydrogen) atoms. The van der Waals surface area contributed by atoms with Gasteiger partial charge in [0.1, 0.15) is 0 Å². The molecule has 3 rings (SSSR count). The Balaban J connectivity index is 2.33. The van der Waals surface area contributed by atoms with Gasteiger partial charge in [-0.15, -0.1) is 0 Å². The highest BCUT2D eigenvalue weighted by Gasteiger charge is 2.31. The summed E-state index contributed by atoms with van der Waals surface area (Å²) in [6, 6.07) is 9.27. The van der Waals surface area contributed by atoms with Crippen molar-refractivity contribution in [2.24, 2.45) is 0 Å². The van der Waals surface area contributed by atoms with E-state index in [0.29, 0.717) is 22.5 Å². The van der Waals surface area contributed by atoms with Gasteiger partial charge in [0.05, 0.1) is 23.1 Å². The summed E-state index contributed by atoms with van der Waals surface area (Å²) in [4.78, 5) is 4.19. The molecule has 3 heterocycles. The minimum atomic E-state index is -4.43. The van der Waals surface area contributed by atoms with Crippen LogP contribution in [0.3, 0.4) is 0 Å². The van der Waals surface area contributed by atoms with Crippen molar-refractivity contribution in [3.8, 4) is 11.4 Å². The number of alkyl halides is 3. The maximum Gasteiger partial charge on any atom is 0.417 e. The van der Waals surface area contributed by atoms with E-state index in [9.17, 15) is 18.3 Å². The molecule has 3 aromatic heterocycles. The SMILES string of the molecule is CC(O)c1cc2ccc(C(F)(F)F)cn2c1-c1ccccn1. The second kappa shape index (κ2) is 5.14. The predicted octanol–water partition coefficient (Wildman–Crippen LogP) is 4.07. The van der Waals surface area contributed by atoms with E-state index >= 15 is 0 Å². The molecule has 0 fully saturated rings. The van der Waals surface area contributed by atoms with Crippen LogP contribution in [-0.2, 0) is 6.18 Å². The van der Waals surface area contributed by atoms with Crippen LogP contribution in [0.1, 0.15) is 24.2 Å². The van der Waals surface area contributed by atoms with Crippen molar-refractivity contribution in [1.82, 2.24) is 9.38 Å². The molecule has 0 bridgehead atoms. The molecular weight excluding hydrogens is 293 g/mol. The molecule has 6 heteroatoms. The molecule has 0 saturated carbocycles. The second-order valence-electron chi connectivity index (χ2n) is 5.05. The Bertz CT molecular complexity index is 807. The zero-order valence-corrected chi connectivity index (χ0v) is 11.7. The fraction of sp³-hybridized carbons (Fsp3) is 0.188. The van der Waals surface area contributed by atoms with E-state index in [-0.39, 0.29) is 0 Å². The largest absolute Gasteiger partial charge is 0.417 e. The van der Waals surface area contributed by atoms with E-state index < -0.39 is 17.8 Å². The topological polar surface area (TPSA) is 37.5 Å². The Labute approximate surface area is 124 Å². The Morgan fingerprint density at radius 1 is 1.18 bits per heavy atom. The van der Waals surface area contributed by atoms with E-state index in [1.54, 1.807) is 37.4 Å². The number of pyridine rings is 2. The fourth-order valence-electron chi connectivity index (χ4n) is 2.45. The minimum absolute atomic E-state index is 0.469. The molecule has 0 amide bonds. The van der Waals surface area contributed by atoms with E-state index in [4.69, 9.17) is 0 Å². The average Bonchev–Trinajstić information content (AvgIpc) is 2.86. The lowest BCUT2D eigenvalue weighted by atomic mass is 10.1. The van der Waals surface area contributed by atoms with Gasteiger partial charge in [0.2, 0.25) is 0 Å². The first-order valence-electron chi connectivity index (χ1n) is 6.69. The van der Waals surface area contributed by atoms with Crippen LogP contribution >= 0.6 is 0 Å². The molecule has 0 spiro atoms. The number of hydrogen-bond acceptors (Lipinski definition) is 2. The Hall–Kier alpha value is -2.34. The van der Waals surface area contributed by atoms with Crippen molar-refractivity contribution >= 4 is 5.52 Å². The summed E-state index contributed by atoms with van der Waals surface area (Å²) in [5, 5.41) is 9.93. The first kappa shape index (κ1) is 14.6. The third kappa shape index (κ3) is 2.46. The molecule has 0 aromatic carbocycles. The number of rotatable bonds is 2. The summed E-state index contributed by atoms with van der Waals surface area (Å²) >= 11 is 0. The Morgan fingerprint density at radius 2 is 1.95 bits per heavy atom. The van der Waals surface area contributed by atoms with Crippen LogP contribution in [0.15, 0.2) is 48.8 Å². The zero-order chi connectivity index (χ0) is 15.9. The maximum absolute atomic E-state index is 12.9. The lowest BCUT2D eigenvalue weighted by Crippen LogP contribution is -2.06. The van der Waals surface area contributed by atoms with Crippen LogP contribution in [0.4, 0.5) is 13.2 Å². The van der Waals surface area contributed by atoms with E-state index in [0.717, 1.165) is 12.3 Å². The average molecular weight is 306 g/mol. The van der Waals surface area contributed by atoms with Crippen molar-refractivity contribution in [2.75, 3.05) is 0 Å². The number of aromatic nitrogens is 2. The number of hydrogen-bond donors (Lipinski definition) is 1. The standard InChI is InChI=1S/C16H13F3N2O/c1-10(22)13-8-12-6-5-11(16(17,18)19)9-21(12)15(13)14-4-2-3-7-20-14/h2-10,22H,1H3. The Kier molecular flexibility index (Phi) is 3.41. The predicted molar refractivity (Wildman–Crippen MR) is 76.3 cm³/mol. The number of nitrogens with zero attached hydrogens (tertiary/aromatic N) is 2. The maximum atomic E-state index is 12.9. The Morgan fingerprint density at radius 3 is 2.55 bits per heavy atom. The second-order valence-corrected chi connectivity index (χ2v) is 5.05. The number of halogens is 3. The molecule has 0 aliphatic carbocycles. The van der Waals surface area contributed by atoms with Crippen LogP contribution in [0.25, 0.3) is 16.9 Å². The van der Waals surface area contributed by atoms with Crippen molar-refractivity contribution in [2.45, 2.75) is 19.2 Å². The highest BCUT2D eigenvalue weighted by Crippen LogP contribution is 2.34. The molecular formula is C16H13F3N2O. The molecule has 3 aromatic rings. The third-order valence-electron chi connectivity index (χ3n) is 3.48. The molecule has 0 radical (unpaired) electrons. The fourth-order valence-corrected chi connectivity index (χ4v) is 2.45. The number of fused-ring (bicyclic) bond motifs is 1. The van der Waals surface area contributed by atoms with Crippen LogP contribution in [0.5, 0.6) is 0 Å². The normalized spacial score (nSPS) is 13.5. The van der Waals surface area contributed by atoms with Crippen molar-refractivity contribution in [3.05, 3.63) is 59.9 Å². The lowest BCUT2D eigenvalue weighted by molar-refractivity contribution is -0.137. The molecule has 0 aliphatic heterocycles. The van der Waals surface area contributed by atoms with Gasteiger partial charge in [-0.05, 0) is 37.3 Å². The first-order valence-corrected chi connectivity index (χ1v) is 6.69. The van der Waals surface area contributed by atoms with Crippen LogP contribution < -0.4 is 0 Å². The van der Waals surface area contributed by atoms with Gasteiger partial charge >= 0.3 is 6.18 Å². The molecule has 0 saturated heterocycles. The van der Waals surface area contributed by atoms with Gasteiger partial charge in [-0.3, -0.25) is 4.98 Å². The van der Waals surface area contributed by atoms with Gasteiger partial charge < -0.3 is 9.51 Å². The van der Waals surface area contributed by atoms with Gasteiger partial charge in [0, 0.05) is 23.5 Å². The van der Waals surface area contributed by atoms with E-state index in [1.165, 1.54) is 10.5 Å². The summed E-state index contributed by atoms with van der Waals surface area (Å²) in [6.07, 6.45) is -2.64. The summed E-state index contributed by atoms with van der Waals surface area (Å²) in [5.41, 5.74) is 1.35. The molecule has 1 unspecified atom stereocenters. The quantitative estimate of drug-likeness (QED) is 0.775. The van der Waals surface area contributed by atoms with Crippen LogP contribution in [-0.4, -0.2) is 14.5 Å². The number of aliphatic hydroxyl groups excluding tert-OH is 1. The minimum Gasteiger partial charge on any atom is -0.389 e. The van der Waals surface area contributed by atoms with Gasteiger partial charge in [-0.25, -0.2) is 0 Å². The monoisotopic (exact) mass is 306 g/mol. The summed E-state index contributed by atoms with van der Waals surface area (Å²) in [5.74, 6) is 0. The first-order chi connectivity index (χ1) is 10.4. The molecule has 1 atom stereocenters. The number of aliphatic hydroxyl groups is 1. The van der Waals surface area contributed by atoms with Crippen molar-refractivity contribution in [1.29, 1.82) is 0 Å². The van der Waals surface area contributed by atoms with Crippen LogP contribution in [0, 0.1) is 0 Å². The van der Waals surface area contributed by atoms with E-state index in [2.05, 4.69) is 4.98 Å².